The van der Waals surface area contributed by atoms with Crippen molar-refractivity contribution in [3.63, 3.8) is 0 Å². The second kappa shape index (κ2) is 9.13. The maximum Gasteiger partial charge on any atom is 0.162 e. The molecule has 0 saturated carbocycles. The van der Waals surface area contributed by atoms with Crippen molar-refractivity contribution in [1.29, 1.82) is 0 Å². The summed E-state index contributed by atoms with van der Waals surface area (Å²) in [5.41, 5.74) is 4.30. The first-order valence-corrected chi connectivity index (χ1v) is 12.3. The molecule has 8 heteroatoms. The van der Waals surface area contributed by atoms with E-state index in [1.807, 2.05) is 18.3 Å². The maximum atomic E-state index is 5.61. The number of thiophene rings is 1. The Labute approximate surface area is 202 Å². The number of rotatable bonds is 6. The average molecular weight is 471 g/mol. The van der Waals surface area contributed by atoms with Crippen molar-refractivity contribution in [3.8, 4) is 11.4 Å². The van der Waals surface area contributed by atoms with Crippen LogP contribution in [0, 0.1) is 0 Å². The summed E-state index contributed by atoms with van der Waals surface area (Å²) >= 11 is 1.80. The third-order valence-corrected chi connectivity index (χ3v) is 7.27. The predicted octanol–water partition coefficient (Wildman–Crippen LogP) is 4.70. The number of fused-ring (bicyclic) bond motifs is 2. The molecule has 4 heterocycles. The monoisotopic (exact) mass is 470 g/mol. The molecular formula is C26H26N6OS. The van der Waals surface area contributed by atoms with Crippen molar-refractivity contribution in [2.24, 2.45) is 0 Å². The van der Waals surface area contributed by atoms with Gasteiger partial charge in [0.25, 0.3) is 0 Å². The van der Waals surface area contributed by atoms with Gasteiger partial charge in [0.1, 0.15) is 0 Å². The van der Waals surface area contributed by atoms with Gasteiger partial charge in [0, 0.05) is 42.0 Å². The normalized spacial score (nSPS) is 14.5. The van der Waals surface area contributed by atoms with Gasteiger partial charge in [-0.3, -0.25) is 10.00 Å². The number of anilines is 1. The molecule has 0 aliphatic carbocycles. The van der Waals surface area contributed by atoms with Crippen molar-refractivity contribution in [3.05, 3.63) is 71.2 Å². The molecule has 7 nitrogen and oxygen atoms in total. The van der Waals surface area contributed by atoms with Crippen LogP contribution in [-0.2, 0) is 17.8 Å². The van der Waals surface area contributed by atoms with Gasteiger partial charge in [0.05, 0.1) is 35.1 Å². The van der Waals surface area contributed by atoms with Crippen molar-refractivity contribution in [2.45, 2.75) is 13.1 Å². The van der Waals surface area contributed by atoms with Gasteiger partial charge in [-0.25, -0.2) is 9.97 Å². The number of aromatic nitrogens is 4. The SMILES string of the molecule is CN(Cc1ccccc1)Cc1cc2nc(-c3cccc4[nH]ncc34)nc(N3CCOCC3)c2s1. The molecular weight excluding hydrogens is 444 g/mol. The largest absolute Gasteiger partial charge is 0.378 e. The number of hydrogen-bond acceptors (Lipinski definition) is 7. The van der Waals surface area contributed by atoms with E-state index in [0.29, 0.717) is 0 Å². The highest BCUT2D eigenvalue weighted by molar-refractivity contribution is 7.19. The van der Waals surface area contributed by atoms with E-state index in [1.54, 1.807) is 11.3 Å². The van der Waals surface area contributed by atoms with Crippen molar-refractivity contribution >= 4 is 38.3 Å². The molecule has 0 bridgehead atoms. The van der Waals surface area contributed by atoms with E-state index in [2.05, 4.69) is 69.5 Å². The molecule has 1 aliphatic heterocycles. The van der Waals surface area contributed by atoms with E-state index < -0.39 is 0 Å². The van der Waals surface area contributed by atoms with Crippen molar-refractivity contribution in [1.82, 2.24) is 25.1 Å². The minimum atomic E-state index is 0.718. The predicted molar refractivity (Wildman–Crippen MR) is 137 cm³/mol. The van der Waals surface area contributed by atoms with E-state index >= 15 is 0 Å². The van der Waals surface area contributed by atoms with Crippen molar-refractivity contribution in [2.75, 3.05) is 38.3 Å². The summed E-state index contributed by atoms with van der Waals surface area (Å²) in [6.45, 7) is 4.88. The fraction of sp³-hybridized carbons (Fsp3) is 0.269. The topological polar surface area (TPSA) is 70.2 Å². The maximum absolute atomic E-state index is 5.61. The van der Waals surface area contributed by atoms with Gasteiger partial charge >= 0.3 is 0 Å². The third kappa shape index (κ3) is 4.16. The summed E-state index contributed by atoms with van der Waals surface area (Å²) in [6, 6.07) is 18.9. The average Bonchev–Trinajstić information content (AvgIpc) is 3.51. The summed E-state index contributed by atoms with van der Waals surface area (Å²) in [7, 11) is 2.16. The van der Waals surface area contributed by atoms with Crippen molar-refractivity contribution < 1.29 is 4.74 Å². The highest BCUT2D eigenvalue weighted by Gasteiger charge is 2.21. The number of ether oxygens (including phenoxy) is 1. The minimum absolute atomic E-state index is 0.718. The Morgan fingerprint density at radius 2 is 1.88 bits per heavy atom. The Morgan fingerprint density at radius 1 is 1.03 bits per heavy atom. The minimum Gasteiger partial charge on any atom is -0.378 e. The molecule has 1 aliphatic rings. The summed E-state index contributed by atoms with van der Waals surface area (Å²) in [5.74, 6) is 1.74. The number of H-pyrrole nitrogens is 1. The molecule has 0 unspecified atom stereocenters. The van der Waals surface area contributed by atoms with Crippen LogP contribution in [0.1, 0.15) is 10.4 Å². The van der Waals surface area contributed by atoms with Crippen LogP contribution in [0.2, 0.25) is 0 Å². The van der Waals surface area contributed by atoms with Gasteiger partial charge in [-0.2, -0.15) is 5.10 Å². The standard InChI is InChI=1S/C26H26N6OS/c1-31(16-18-6-3-2-4-7-18)17-19-14-23-24(34-19)26(32-10-12-33-13-11-32)29-25(28-23)20-8-5-9-22-21(20)15-27-30-22/h2-9,14-15H,10-13,16-17H2,1H3,(H,27,30). The zero-order valence-electron chi connectivity index (χ0n) is 19.1. The number of benzene rings is 2. The molecule has 3 aromatic heterocycles. The Morgan fingerprint density at radius 3 is 2.74 bits per heavy atom. The molecule has 1 fully saturated rings. The zero-order chi connectivity index (χ0) is 22.9. The Kier molecular flexibility index (Phi) is 5.70. The number of nitrogens with one attached hydrogen (secondary N) is 1. The van der Waals surface area contributed by atoms with Gasteiger partial charge < -0.3 is 9.64 Å². The van der Waals surface area contributed by atoms with Crippen LogP contribution in [0.25, 0.3) is 32.5 Å². The Balaban J connectivity index is 1.39. The van der Waals surface area contributed by atoms with Crippen LogP contribution in [0.15, 0.2) is 60.8 Å². The highest BCUT2D eigenvalue weighted by atomic mass is 32.1. The van der Waals surface area contributed by atoms with Gasteiger partial charge in [-0.05, 0) is 24.7 Å². The summed E-state index contributed by atoms with van der Waals surface area (Å²) < 4.78 is 6.76. The molecule has 0 atom stereocenters. The Hall–Kier alpha value is -3.33. The summed E-state index contributed by atoms with van der Waals surface area (Å²) in [5, 5.41) is 8.31. The lowest BCUT2D eigenvalue weighted by molar-refractivity contribution is 0.122. The van der Waals surface area contributed by atoms with Crippen LogP contribution in [0.3, 0.4) is 0 Å². The molecule has 0 amide bonds. The number of morpholine rings is 1. The number of aromatic amines is 1. The quantitative estimate of drug-likeness (QED) is 0.388. The van der Waals surface area contributed by atoms with Gasteiger partial charge in [-0.15, -0.1) is 11.3 Å². The first-order valence-electron chi connectivity index (χ1n) is 11.5. The number of hydrogen-bond donors (Lipinski definition) is 1. The molecule has 0 spiro atoms. The van der Waals surface area contributed by atoms with Crippen LogP contribution in [0.5, 0.6) is 0 Å². The second-order valence-corrected chi connectivity index (χ2v) is 9.83. The molecule has 172 valence electrons. The van der Waals surface area contributed by atoms with Crippen LogP contribution < -0.4 is 4.90 Å². The van der Waals surface area contributed by atoms with E-state index in [9.17, 15) is 0 Å². The van der Waals surface area contributed by atoms with Gasteiger partial charge in [0.15, 0.2) is 11.6 Å². The van der Waals surface area contributed by atoms with E-state index in [-0.39, 0.29) is 0 Å². The van der Waals surface area contributed by atoms with Crippen LogP contribution >= 0.6 is 11.3 Å². The lowest BCUT2D eigenvalue weighted by Crippen LogP contribution is -2.36. The first-order chi connectivity index (χ1) is 16.7. The fourth-order valence-electron chi connectivity index (χ4n) is 4.53. The van der Waals surface area contributed by atoms with E-state index in [0.717, 1.165) is 77.7 Å². The lowest BCUT2D eigenvalue weighted by Gasteiger charge is -2.28. The van der Waals surface area contributed by atoms with Crippen LogP contribution in [-0.4, -0.2) is 58.4 Å². The molecule has 34 heavy (non-hydrogen) atoms. The van der Waals surface area contributed by atoms with E-state index in [1.165, 1.54) is 10.4 Å². The fourth-order valence-corrected chi connectivity index (χ4v) is 5.73. The second-order valence-electron chi connectivity index (χ2n) is 8.69. The summed E-state index contributed by atoms with van der Waals surface area (Å²) in [6.07, 6.45) is 1.85. The van der Waals surface area contributed by atoms with Gasteiger partial charge in [-0.1, -0.05) is 42.5 Å². The molecule has 6 rings (SSSR count). The molecule has 1 saturated heterocycles. The summed E-state index contributed by atoms with van der Waals surface area (Å²) in [4.78, 5) is 16.1. The van der Waals surface area contributed by atoms with Gasteiger partial charge in [0.2, 0.25) is 0 Å². The first kappa shape index (κ1) is 21.2. The Bertz CT molecular complexity index is 1420. The molecule has 1 N–H and O–H groups in total. The molecule has 0 radical (unpaired) electrons. The van der Waals surface area contributed by atoms with E-state index in [4.69, 9.17) is 14.7 Å². The zero-order valence-corrected chi connectivity index (χ0v) is 19.9. The smallest absolute Gasteiger partial charge is 0.162 e. The molecule has 5 aromatic rings. The lowest BCUT2D eigenvalue weighted by atomic mass is 10.1. The highest BCUT2D eigenvalue weighted by Crippen LogP contribution is 2.36. The van der Waals surface area contributed by atoms with Crippen LogP contribution in [0.4, 0.5) is 5.82 Å². The molecule has 2 aromatic carbocycles. The third-order valence-electron chi connectivity index (χ3n) is 6.16. The number of nitrogens with zero attached hydrogens (tertiary/aromatic N) is 5.